The number of rotatable bonds is 4. The first-order chi connectivity index (χ1) is 9.51. The lowest BCUT2D eigenvalue weighted by atomic mass is 9.99. The molecule has 0 saturated carbocycles. The van der Waals surface area contributed by atoms with E-state index >= 15 is 0 Å². The fourth-order valence-electron chi connectivity index (χ4n) is 1.97. The van der Waals surface area contributed by atoms with Crippen LogP contribution in [0.2, 0.25) is 10.0 Å². The smallest absolute Gasteiger partial charge is 0.165 e. The predicted octanol–water partition coefficient (Wildman–Crippen LogP) is 4.38. The largest absolute Gasteiger partial charge is 0.494 e. The van der Waals surface area contributed by atoms with Crippen LogP contribution in [0.4, 0.5) is 4.39 Å². The highest BCUT2D eigenvalue weighted by molar-refractivity contribution is 6.33. The molecule has 106 valence electrons. The maximum absolute atomic E-state index is 13.7. The van der Waals surface area contributed by atoms with Gasteiger partial charge in [0.25, 0.3) is 0 Å². The minimum atomic E-state index is -0.433. The summed E-state index contributed by atoms with van der Waals surface area (Å²) in [6.45, 7) is 0. The molecule has 2 nitrogen and oxygen atoms in total. The van der Waals surface area contributed by atoms with Gasteiger partial charge in [-0.15, -0.1) is 0 Å². The summed E-state index contributed by atoms with van der Waals surface area (Å²) in [5.41, 5.74) is 7.61. The summed E-state index contributed by atoms with van der Waals surface area (Å²) in [4.78, 5) is 0. The molecule has 0 saturated heterocycles. The van der Waals surface area contributed by atoms with Gasteiger partial charge in [-0.3, -0.25) is 0 Å². The van der Waals surface area contributed by atoms with Crippen molar-refractivity contribution in [2.24, 2.45) is 5.73 Å². The molecule has 0 radical (unpaired) electrons. The average molecular weight is 314 g/mol. The van der Waals surface area contributed by atoms with E-state index in [0.29, 0.717) is 22.0 Å². The first-order valence-corrected chi connectivity index (χ1v) is 6.80. The van der Waals surface area contributed by atoms with Crippen molar-refractivity contribution in [2.45, 2.75) is 12.5 Å². The topological polar surface area (TPSA) is 35.2 Å². The van der Waals surface area contributed by atoms with Crippen LogP contribution in [0.25, 0.3) is 0 Å². The SMILES string of the molecule is COc1ccc(C(N)Cc2cc(Cl)ccc2Cl)cc1F. The van der Waals surface area contributed by atoms with E-state index in [-0.39, 0.29) is 11.8 Å². The Bertz CT molecular complexity index is 619. The van der Waals surface area contributed by atoms with Crippen molar-refractivity contribution in [1.82, 2.24) is 0 Å². The summed E-state index contributed by atoms with van der Waals surface area (Å²) in [5.74, 6) is -0.237. The van der Waals surface area contributed by atoms with E-state index in [1.807, 2.05) is 0 Å². The molecule has 0 aliphatic heterocycles. The Labute approximate surface area is 127 Å². The molecule has 2 rings (SSSR count). The number of hydrogen-bond acceptors (Lipinski definition) is 2. The van der Waals surface area contributed by atoms with Crippen molar-refractivity contribution in [3.8, 4) is 5.75 Å². The Kier molecular flexibility index (Phi) is 4.86. The molecule has 1 atom stereocenters. The van der Waals surface area contributed by atoms with E-state index in [9.17, 15) is 4.39 Å². The number of halogens is 3. The van der Waals surface area contributed by atoms with Gasteiger partial charge in [0.05, 0.1) is 7.11 Å². The summed E-state index contributed by atoms with van der Waals surface area (Å²) in [5, 5.41) is 1.19. The third-order valence-electron chi connectivity index (χ3n) is 3.05. The van der Waals surface area contributed by atoms with Crippen LogP contribution in [0.5, 0.6) is 5.75 Å². The lowest BCUT2D eigenvalue weighted by molar-refractivity contribution is 0.386. The molecule has 0 aromatic heterocycles. The molecule has 0 aliphatic carbocycles. The Morgan fingerprint density at radius 1 is 1.20 bits per heavy atom. The Morgan fingerprint density at radius 2 is 1.95 bits per heavy atom. The van der Waals surface area contributed by atoms with Crippen LogP contribution < -0.4 is 10.5 Å². The maximum atomic E-state index is 13.7. The highest BCUT2D eigenvalue weighted by atomic mass is 35.5. The zero-order chi connectivity index (χ0) is 14.7. The number of methoxy groups -OCH3 is 1. The second kappa shape index (κ2) is 6.44. The van der Waals surface area contributed by atoms with Gasteiger partial charge in [0.1, 0.15) is 0 Å². The standard InChI is InChI=1S/C15H14Cl2FNO/c1-20-15-5-2-9(7-13(15)18)14(19)8-10-6-11(16)3-4-12(10)17/h2-7,14H,8,19H2,1H3. The van der Waals surface area contributed by atoms with E-state index in [0.717, 1.165) is 5.56 Å². The minimum Gasteiger partial charge on any atom is -0.494 e. The average Bonchev–Trinajstić information content (AvgIpc) is 2.42. The van der Waals surface area contributed by atoms with Crippen molar-refractivity contribution in [1.29, 1.82) is 0 Å². The van der Waals surface area contributed by atoms with Crippen LogP contribution in [-0.4, -0.2) is 7.11 Å². The van der Waals surface area contributed by atoms with Crippen molar-refractivity contribution < 1.29 is 9.13 Å². The Balaban J connectivity index is 2.21. The van der Waals surface area contributed by atoms with Gasteiger partial charge in [-0.2, -0.15) is 0 Å². The van der Waals surface area contributed by atoms with Gasteiger partial charge >= 0.3 is 0 Å². The van der Waals surface area contributed by atoms with Crippen LogP contribution in [-0.2, 0) is 6.42 Å². The summed E-state index contributed by atoms with van der Waals surface area (Å²) < 4.78 is 18.5. The predicted molar refractivity (Wildman–Crippen MR) is 80.0 cm³/mol. The second-order valence-corrected chi connectivity index (χ2v) is 5.28. The van der Waals surface area contributed by atoms with Crippen molar-refractivity contribution in [3.63, 3.8) is 0 Å². The van der Waals surface area contributed by atoms with E-state index < -0.39 is 5.82 Å². The normalized spacial score (nSPS) is 12.2. The minimum absolute atomic E-state index is 0.196. The number of ether oxygens (including phenoxy) is 1. The Hall–Kier alpha value is -1.29. The first-order valence-electron chi connectivity index (χ1n) is 6.04. The van der Waals surface area contributed by atoms with Crippen molar-refractivity contribution in [3.05, 3.63) is 63.4 Å². The maximum Gasteiger partial charge on any atom is 0.165 e. The molecule has 2 aromatic carbocycles. The van der Waals surface area contributed by atoms with Crippen LogP contribution >= 0.6 is 23.2 Å². The number of hydrogen-bond donors (Lipinski definition) is 1. The zero-order valence-electron chi connectivity index (χ0n) is 10.9. The third-order valence-corrected chi connectivity index (χ3v) is 3.66. The monoisotopic (exact) mass is 313 g/mol. The van der Waals surface area contributed by atoms with E-state index in [1.54, 1.807) is 30.3 Å². The summed E-state index contributed by atoms with van der Waals surface area (Å²) in [6.07, 6.45) is 0.477. The fourth-order valence-corrected chi connectivity index (χ4v) is 2.36. The van der Waals surface area contributed by atoms with E-state index in [2.05, 4.69) is 0 Å². The van der Waals surface area contributed by atoms with Crippen LogP contribution in [0.15, 0.2) is 36.4 Å². The molecular weight excluding hydrogens is 300 g/mol. The van der Waals surface area contributed by atoms with Crippen LogP contribution in [0, 0.1) is 5.82 Å². The number of benzene rings is 2. The highest BCUT2D eigenvalue weighted by Gasteiger charge is 2.12. The Morgan fingerprint density at radius 3 is 2.60 bits per heavy atom. The molecule has 0 spiro atoms. The quantitative estimate of drug-likeness (QED) is 0.909. The molecule has 20 heavy (non-hydrogen) atoms. The van der Waals surface area contributed by atoms with E-state index in [1.165, 1.54) is 13.2 Å². The summed E-state index contributed by atoms with van der Waals surface area (Å²) in [7, 11) is 1.42. The molecule has 0 heterocycles. The molecule has 2 N–H and O–H groups in total. The molecule has 2 aromatic rings. The molecule has 0 fully saturated rings. The molecule has 0 bridgehead atoms. The molecule has 0 amide bonds. The molecular formula is C15H14Cl2FNO. The zero-order valence-corrected chi connectivity index (χ0v) is 12.4. The van der Waals surface area contributed by atoms with Crippen molar-refractivity contribution in [2.75, 3.05) is 7.11 Å². The van der Waals surface area contributed by atoms with Gasteiger partial charge in [-0.25, -0.2) is 4.39 Å². The molecule has 0 aliphatic rings. The van der Waals surface area contributed by atoms with Gasteiger partial charge in [-0.05, 0) is 47.9 Å². The third kappa shape index (κ3) is 3.42. The molecule has 5 heteroatoms. The highest BCUT2D eigenvalue weighted by Crippen LogP contribution is 2.27. The van der Waals surface area contributed by atoms with E-state index in [4.69, 9.17) is 33.7 Å². The lowest BCUT2D eigenvalue weighted by Gasteiger charge is -2.14. The van der Waals surface area contributed by atoms with Gasteiger partial charge in [0.2, 0.25) is 0 Å². The van der Waals surface area contributed by atoms with Gasteiger partial charge in [-0.1, -0.05) is 29.3 Å². The summed E-state index contributed by atoms with van der Waals surface area (Å²) in [6, 6.07) is 9.51. The van der Waals surface area contributed by atoms with Crippen LogP contribution in [0.1, 0.15) is 17.2 Å². The number of nitrogens with two attached hydrogens (primary N) is 1. The first kappa shape index (κ1) is 15.1. The second-order valence-electron chi connectivity index (χ2n) is 4.44. The fraction of sp³-hybridized carbons (Fsp3) is 0.200. The molecule has 1 unspecified atom stereocenters. The van der Waals surface area contributed by atoms with Gasteiger partial charge in [0.15, 0.2) is 11.6 Å². The van der Waals surface area contributed by atoms with Gasteiger partial charge in [0, 0.05) is 16.1 Å². The summed E-state index contributed by atoms with van der Waals surface area (Å²) >= 11 is 12.0. The lowest BCUT2D eigenvalue weighted by Crippen LogP contribution is -2.14. The van der Waals surface area contributed by atoms with Crippen LogP contribution in [0.3, 0.4) is 0 Å². The van der Waals surface area contributed by atoms with Crippen molar-refractivity contribution >= 4 is 23.2 Å². The van der Waals surface area contributed by atoms with Gasteiger partial charge < -0.3 is 10.5 Å².